The predicted molar refractivity (Wildman–Crippen MR) is 82.2 cm³/mol. The molecule has 2 heterocycles. The lowest BCUT2D eigenvalue weighted by Gasteiger charge is -2.26. The van der Waals surface area contributed by atoms with E-state index in [1.165, 1.54) is 11.3 Å². The monoisotopic (exact) mass is 314 g/mol. The molecule has 1 N–H and O–H groups in total. The van der Waals surface area contributed by atoms with E-state index in [1.54, 1.807) is 11.0 Å². The first-order valence-corrected chi connectivity index (χ1v) is 7.83. The number of hydrogen-bond donors (Lipinski definition) is 1. The van der Waals surface area contributed by atoms with E-state index in [4.69, 9.17) is 16.3 Å². The molecule has 1 aromatic rings. The number of ether oxygens (including phenoxy) is 1. The molecule has 1 unspecified atom stereocenters. The summed E-state index contributed by atoms with van der Waals surface area (Å²) < 4.78 is 6.32. The molecule has 110 valence electrons. The Kier molecular flexibility index (Phi) is 6.04. The maximum absolute atomic E-state index is 12.4. The number of halogens is 1. The number of rotatable bonds is 6. The van der Waals surface area contributed by atoms with Gasteiger partial charge in [0.1, 0.15) is 0 Å². The average molecular weight is 315 g/mol. The van der Waals surface area contributed by atoms with E-state index in [1.807, 2.05) is 12.1 Å². The second kappa shape index (κ2) is 7.78. The molecule has 2 rings (SSSR count). The number of hydrogen-bond acceptors (Lipinski definition) is 4. The van der Waals surface area contributed by atoms with Gasteiger partial charge in [-0.3, -0.25) is 4.79 Å². The SMILES string of the molecule is C=CCN(Cc1ccc(Cl)s1)C(=O)CC1CNCCO1. The van der Waals surface area contributed by atoms with Crippen LogP contribution in [0.4, 0.5) is 0 Å². The van der Waals surface area contributed by atoms with E-state index in [0.717, 1.165) is 22.3 Å². The van der Waals surface area contributed by atoms with Crippen molar-refractivity contribution in [3.05, 3.63) is 34.0 Å². The number of carbonyl (C=O) groups excluding carboxylic acids is 1. The Balaban J connectivity index is 1.92. The molecular formula is C14H19ClN2O2S. The van der Waals surface area contributed by atoms with Gasteiger partial charge >= 0.3 is 0 Å². The van der Waals surface area contributed by atoms with Crippen LogP contribution < -0.4 is 5.32 Å². The summed E-state index contributed by atoms with van der Waals surface area (Å²) in [6.07, 6.45) is 2.11. The Hall–Kier alpha value is -0.880. The van der Waals surface area contributed by atoms with Crippen molar-refractivity contribution < 1.29 is 9.53 Å². The van der Waals surface area contributed by atoms with Gasteiger partial charge in [-0.2, -0.15) is 0 Å². The molecule has 0 bridgehead atoms. The maximum Gasteiger partial charge on any atom is 0.225 e. The highest BCUT2D eigenvalue weighted by molar-refractivity contribution is 7.16. The molecule has 20 heavy (non-hydrogen) atoms. The first-order chi connectivity index (χ1) is 9.69. The van der Waals surface area contributed by atoms with Gasteiger partial charge in [-0.15, -0.1) is 17.9 Å². The summed E-state index contributed by atoms with van der Waals surface area (Å²) in [6, 6.07) is 3.81. The van der Waals surface area contributed by atoms with E-state index in [-0.39, 0.29) is 12.0 Å². The molecule has 1 atom stereocenters. The number of carbonyl (C=O) groups is 1. The van der Waals surface area contributed by atoms with Crippen molar-refractivity contribution in [3.8, 4) is 0 Å². The van der Waals surface area contributed by atoms with Crippen LogP contribution in [-0.4, -0.2) is 43.2 Å². The van der Waals surface area contributed by atoms with Gasteiger partial charge in [0.05, 0.1) is 30.0 Å². The van der Waals surface area contributed by atoms with E-state index in [2.05, 4.69) is 11.9 Å². The van der Waals surface area contributed by atoms with E-state index < -0.39 is 0 Å². The Morgan fingerprint density at radius 3 is 3.10 bits per heavy atom. The smallest absolute Gasteiger partial charge is 0.225 e. The molecule has 1 amide bonds. The molecule has 0 radical (unpaired) electrons. The van der Waals surface area contributed by atoms with Crippen LogP contribution in [0, 0.1) is 0 Å². The summed E-state index contributed by atoms with van der Waals surface area (Å²) in [4.78, 5) is 15.2. The fourth-order valence-electron chi connectivity index (χ4n) is 2.11. The lowest BCUT2D eigenvalue weighted by atomic mass is 10.2. The lowest BCUT2D eigenvalue weighted by Crippen LogP contribution is -2.42. The fourth-order valence-corrected chi connectivity index (χ4v) is 3.21. The van der Waals surface area contributed by atoms with Crippen molar-refractivity contribution in [2.45, 2.75) is 19.1 Å². The van der Waals surface area contributed by atoms with Gasteiger partial charge in [-0.1, -0.05) is 17.7 Å². The van der Waals surface area contributed by atoms with Crippen molar-refractivity contribution in [1.29, 1.82) is 0 Å². The number of morpholine rings is 1. The molecule has 0 spiro atoms. The van der Waals surface area contributed by atoms with E-state index >= 15 is 0 Å². The molecule has 0 aromatic carbocycles. The van der Waals surface area contributed by atoms with Gasteiger partial charge in [0.15, 0.2) is 0 Å². The molecule has 1 fully saturated rings. The van der Waals surface area contributed by atoms with Crippen LogP contribution in [0.5, 0.6) is 0 Å². The summed E-state index contributed by atoms with van der Waals surface area (Å²) in [5.41, 5.74) is 0. The predicted octanol–water partition coefficient (Wildman–Crippen LogP) is 2.29. The van der Waals surface area contributed by atoms with E-state index in [9.17, 15) is 4.79 Å². The molecule has 1 aliphatic rings. The Bertz CT molecular complexity index is 458. The first kappa shape index (κ1) is 15.5. The minimum Gasteiger partial charge on any atom is -0.375 e. The number of nitrogens with one attached hydrogen (secondary N) is 1. The van der Waals surface area contributed by atoms with E-state index in [0.29, 0.717) is 26.1 Å². The summed E-state index contributed by atoms with van der Waals surface area (Å²) in [5.74, 6) is 0.0862. The molecule has 4 nitrogen and oxygen atoms in total. The van der Waals surface area contributed by atoms with Crippen LogP contribution in [0.15, 0.2) is 24.8 Å². The second-order valence-corrected chi connectivity index (χ2v) is 6.47. The van der Waals surface area contributed by atoms with Gasteiger partial charge < -0.3 is 15.0 Å². The maximum atomic E-state index is 12.4. The summed E-state index contributed by atoms with van der Waals surface area (Å²) in [5, 5.41) is 3.23. The van der Waals surface area contributed by atoms with Gasteiger partial charge in [0.2, 0.25) is 5.91 Å². The van der Waals surface area contributed by atoms with Crippen molar-refractivity contribution in [2.24, 2.45) is 0 Å². The van der Waals surface area contributed by atoms with Crippen LogP contribution in [0.1, 0.15) is 11.3 Å². The van der Waals surface area contributed by atoms with Gasteiger partial charge in [0, 0.05) is 24.5 Å². The van der Waals surface area contributed by atoms with Crippen molar-refractivity contribution in [1.82, 2.24) is 10.2 Å². The van der Waals surface area contributed by atoms with Crippen molar-refractivity contribution in [2.75, 3.05) is 26.2 Å². The molecule has 0 saturated carbocycles. The van der Waals surface area contributed by atoms with Gasteiger partial charge in [0.25, 0.3) is 0 Å². The Morgan fingerprint density at radius 1 is 1.65 bits per heavy atom. The number of nitrogens with zero attached hydrogens (tertiary/aromatic N) is 1. The van der Waals surface area contributed by atoms with Gasteiger partial charge in [-0.05, 0) is 12.1 Å². The zero-order valence-corrected chi connectivity index (χ0v) is 12.9. The van der Waals surface area contributed by atoms with Gasteiger partial charge in [-0.25, -0.2) is 0 Å². The fraction of sp³-hybridized carbons (Fsp3) is 0.500. The van der Waals surface area contributed by atoms with Crippen LogP contribution in [0.2, 0.25) is 4.34 Å². The zero-order valence-electron chi connectivity index (χ0n) is 11.3. The topological polar surface area (TPSA) is 41.6 Å². The van der Waals surface area contributed by atoms with Crippen LogP contribution >= 0.6 is 22.9 Å². The summed E-state index contributed by atoms with van der Waals surface area (Å²) in [6.45, 7) is 7.08. The number of thiophene rings is 1. The third-order valence-corrected chi connectivity index (χ3v) is 4.30. The molecule has 0 aliphatic carbocycles. The minimum atomic E-state index is -0.0320. The average Bonchev–Trinajstić information content (AvgIpc) is 2.85. The molecule has 1 saturated heterocycles. The first-order valence-electron chi connectivity index (χ1n) is 6.64. The van der Waals surface area contributed by atoms with Crippen LogP contribution in [0.25, 0.3) is 0 Å². The highest BCUT2D eigenvalue weighted by atomic mass is 35.5. The lowest BCUT2D eigenvalue weighted by molar-refractivity contribution is -0.134. The molecule has 6 heteroatoms. The second-order valence-electron chi connectivity index (χ2n) is 4.67. The summed E-state index contributed by atoms with van der Waals surface area (Å²) in [7, 11) is 0. The zero-order chi connectivity index (χ0) is 14.4. The minimum absolute atomic E-state index is 0.0320. The molecule has 1 aliphatic heterocycles. The Morgan fingerprint density at radius 2 is 2.50 bits per heavy atom. The third kappa shape index (κ3) is 4.59. The standard InChI is InChI=1S/C14H19ClN2O2S/c1-2-6-17(10-12-3-4-13(15)20-12)14(18)8-11-9-16-5-7-19-11/h2-4,11,16H,1,5-10H2. The quantitative estimate of drug-likeness (QED) is 0.819. The van der Waals surface area contributed by atoms with Crippen molar-refractivity contribution in [3.63, 3.8) is 0 Å². The van der Waals surface area contributed by atoms with Crippen LogP contribution in [0.3, 0.4) is 0 Å². The Labute approximate surface area is 128 Å². The molecular weight excluding hydrogens is 296 g/mol. The van der Waals surface area contributed by atoms with Crippen LogP contribution in [-0.2, 0) is 16.1 Å². The highest BCUT2D eigenvalue weighted by Gasteiger charge is 2.21. The molecule has 1 aromatic heterocycles. The highest BCUT2D eigenvalue weighted by Crippen LogP contribution is 2.23. The third-order valence-electron chi connectivity index (χ3n) is 3.08. The largest absolute Gasteiger partial charge is 0.375 e. The summed E-state index contributed by atoms with van der Waals surface area (Å²) >= 11 is 7.42. The normalized spacial score (nSPS) is 18.8. The number of amides is 1. The van der Waals surface area contributed by atoms with Crippen molar-refractivity contribution >= 4 is 28.8 Å².